The smallest absolute Gasteiger partial charge is 0.255 e. The third-order valence-electron chi connectivity index (χ3n) is 5.04. The van der Waals surface area contributed by atoms with Crippen molar-refractivity contribution in [2.75, 3.05) is 5.32 Å². The van der Waals surface area contributed by atoms with E-state index in [-0.39, 0.29) is 27.1 Å². The first-order valence-corrected chi connectivity index (χ1v) is 10.5. The van der Waals surface area contributed by atoms with Crippen LogP contribution in [0, 0.1) is 23.4 Å². The number of benzene rings is 2. The van der Waals surface area contributed by atoms with Gasteiger partial charge in [-0.25, -0.2) is 21.6 Å². The van der Waals surface area contributed by atoms with Crippen LogP contribution < -0.4 is 5.32 Å². The zero-order valence-corrected chi connectivity index (χ0v) is 16.4. The van der Waals surface area contributed by atoms with E-state index in [1.165, 1.54) is 12.1 Å². The maximum absolute atomic E-state index is 13.3. The van der Waals surface area contributed by atoms with Crippen molar-refractivity contribution in [1.29, 1.82) is 0 Å². The number of nitrogens with one attached hydrogen (secondary N) is 1. The first-order chi connectivity index (χ1) is 13.1. The SMILES string of the molecule is C[C@@H](C1CCC1)S(=O)(=O)c1cc(C(=O)Nc2cc(F)c(F)c(F)c2)ccc1Cl. The van der Waals surface area contributed by atoms with Gasteiger partial charge in [-0.1, -0.05) is 18.0 Å². The zero-order chi connectivity index (χ0) is 20.6. The van der Waals surface area contributed by atoms with Gasteiger partial charge in [0.25, 0.3) is 5.91 Å². The third kappa shape index (κ3) is 3.89. The molecule has 28 heavy (non-hydrogen) atoms. The molecule has 0 saturated heterocycles. The number of rotatable bonds is 5. The molecule has 1 atom stereocenters. The Balaban J connectivity index is 1.89. The zero-order valence-electron chi connectivity index (χ0n) is 14.8. The van der Waals surface area contributed by atoms with Gasteiger partial charge in [0.15, 0.2) is 27.3 Å². The number of sulfone groups is 1. The predicted octanol–water partition coefficient (Wildman–Crippen LogP) is 4.97. The van der Waals surface area contributed by atoms with Gasteiger partial charge in [0.1, 0.15) is 0 Å². The normalized spacial score (nSPS) is 15.8. The van der Waals surface area contributed by atoms with Crippen molar-refractivity contribution in [3.8, 4) is 0 Å². The number of carbonyl (C=O) groups is 1. The standard InChI is InChI=1S/C19H17ClF3NO3S/c1-10(11-3-2-4-11)28(26,27)17-7-12(5-6-14(17)20)19(25)24-13-8-15(21)18(23)16(22)9-13/h5-11H,2-4H2,1H3,(H,24,25)/t10-/m0/s1. The Kier molecular flexibility index (Phi) is 5.72. The van der Waals surface area contributed by atoms with Crippen LogP contribution in [0.25, 0.3) is 0 Å². The summed E-state index contributed by atoms with van der Waals surface area (Å²) < 4.78 is 65.4. The van der Waals surface area contributed by atoms with Gasteiger partial charge >= 0.3 is 0 Å². The largest absolute Gasteiger partial charge is 0.322 e. The molecule has 4 nitrogen and oxygen atoms in total. The number of anilines is 1. The fourth-order valence-electron chi connectivity index (χ4n) is 3.06. The number of hydrogen-bond donors (Lipinski definition) is 1. The molecule has 150 valence electrons. The van der Waals surface area contributed by atoms with Crippen molar-refractivity contribution in [3.63, 3.8) is 0 Å². The lowest BCUT2D eigenvalue weighted by atomic mass is 9.83. The molecular weight excluding hydrogens is 415 g/mol. The van der Waals surface area contributed by atoms with Crippen LogP contribution in [0.15, 0.2) is 35.2 Å². The third-order valence-corrected chi connectivity index (χ3v) is 7.80. The summed E-state index contributed by atoms with van der Waals surface area (Å²) in [6.45, 7) is 1.62. The Morgan fingerprint density at radius 1 is 1.14 bits per heavy atom. The Bertz CT molecular complexity index is 1020. The molecule has 1 fully saturated rings. The van der Waals surface area contributed by atoms with E-state index in [1.54, 1.807) is 6.92 Å². The second-order valence-corrected chi connectivity index (χ2v) is 9.47. The number of carbonyl (C=O) groups excluding carboxylic acids is 1. The number of hydrogen-bond acceptors (Lipinski definition) is 3. The minimum atomic E-state index is -3.76. The molecule has 0 radical (unpaired) electrons. The highest BCUT2D eigenvalue weighted by Gasteiger charge is 2.35. The van der Waals surface area contributed by atoms with Crippen molar-refractivity contribution in [2.45, 2.75) is 36.3 Å². The Morgan fingerprint density at radius 2 is 1.75 bits per heavy atom. The molecule has 1 aliphatic rings. The summed E-state index contributed by atoms with van der Waals surface area (Å²) in [7, 11) is -3.76. The molecule has 0 unspecified atom stereocenters. The van der Waals surface area contributed by atoms with E-state index >= 15 is 0 Å². The van der Waals surface area contributed by atoms with Gasteiger partial charge < -0.3 is 5.32 Å². The van der Waals surface area contributed by atoms with E-state index in [4.69, 9.17) is 11.6 Å². The van der Waals surface area contributed by atoms with Crippen LogP contribution >= 0.6 is 11.6 Å². The second kappa shape index (κ2) is 7.75. The maximum Gasteiger partial charge on any atom is 0.255 e. The minimum Gasteiger partial charge on any atom is -0.322 e. The first-order valence-electron chi connectivity index (χ1n) is 8.60. The summed E-state index contributed by atoms with van der Waals surface area (Å²) in [4.78, 5) is 12.2. The van der Waals surface area contributed by atoms with Crippen molar-refractivity contribution in [1.82, 2.24) is 0 Å². The van der Waals surface area contributed by atoms with Gasteiger partial charge in [-0.15, -0.1) is 0 Å². The Morgan fingerprint density at radius 3 is 2.29 bits per heavy atom. The van der Waals surface area contributed by atoms with Gasteiger partial charge in [0.2, 0.25) is 0 Å². The van der Waals surface area contributed by atoms with E-state index in [9.17, 15) is 26.4 Å². The average Bonchev–Trinajstić information content (AvgIpc) is 2.58. The topological polar surface area (TPSA) is 63.2 Å². The Hall–Kier alpha value is -2.06. The maximum atomic E-state index is 13.3. The molecule has 0 heterocycles. The molecule has 9 heteroatoms. The van der Waals surface area contributed by atoms with Crippen LogP contribution in [0.5, 0.6) is 0 Å². The van der Waals surface area contributed by atoms with E-state index in [0.717, 1.165) is 25.3 Å². The van der Waals surface area contributed by atoms with Crippen LogP contribution in [0.1, 0.15) is 36.5 Å². The fraction of sp³-hybridized carbons (Fsp3) is 0.316. The molecular formula is C19H17ClF3NO3S. The minimum absolute atomic E-state index is 0.0124. The monoisotopic (exact) mass is 431 g/mol. The van der Waals surface area contributed by atoms with E-state index in [0.29, 0.717) is 12.1 Å². The Labute approximate surface area is 165 Å². The van der Waals surface area contributed by atoms with Gasteiger partial charge in [-0.3, -0.25) is 4.79 Å². The van der Waals surface area contributed by atoms with Crippen LogP contribution in [0.3, 0.4) is 0 Å². The summed E-state index contributed by atoms with van der Waals surface area (Å²) in [5.74, 6) is -5.32. The number of amides is 1. The molecule has 3 rings (SSSR count). The summed E-state index contributed by atoms with van der Waals surface area (Å²) in [5, 5.41) is 1.56. The summed E-state index contributed by atoms with van der Waals surface area (Å²) in [5.41, 5.74) is -0.363. The van der Waals surface area contributed by atoms with E-state index in [2.05, 4.69) is 5.32 Å². The molecule has 0 aromatic heterocycles. The van der Waals surface area contributed by atoms with E-state index < -0.39 is 38.4 Å². The quantitative estimate of drug-likeness (QED) is 0.680. The lowest BCUT2D eigenvalue weighted by Crippen LogP contribution is -2.32. The summed E-state index contributed by atoms with van der Waals surface area (Å²) in [6.07, 6.45) is 2.62. The van der Waals surface area contributed by atoms with Gasteiger partial charge in [-0.05, 0) is 43.9 Å². The summed E-state index contributed by atoms with van der Waals surface area (Å²) >= 11 is 6.06. The van der Waals surface area contributed by atoms with Crippen LogP contribution in [0.2, 0.25) is 5.02 Å². The van der Waals surface area contributed by atoms with Crippen LogP contribution in [-0.2, 0) is 9.84 Å². The molecule has 0 aliphatic heterocycles. The lowest BCUT2D eigenvalue weighted by Gasteiger charge is -2.31. The molecule has 0 spiro atoms. The average molecular weight is 432 g/mol. The molecule has 2 aromatic carbocycles. The van der Waals surface area contributed by atoms with Crippen molar-refractivity contribution in [2.24, 2.45) is 5.92 Å². The highest BCUT2D eigenvalue weighted by atomic mass is 35.5. The van der Waals surface area contributed by atoms with Crippen molar-refractivity contribution in [3.05, 3.63) is 58.4 Å². The van der Waals surface area contributed by atoms with Crippen LogP contribution in [-0.4, -0.2) is 19.6 Å². The van der Waals surface area contributed by atoms with Crippen molar-refractivity contribution >= 4 is 33.0 Å². The second-order valence-electron chi connectivity index (χ2n) is 6.79. The van der Waals surface area contributed by atoms with Crippen molar-refractivity contribution < 1.29 is 26.4 Å². The molecule has 1 aliphatic carbocycles. The highest BCUT2D eigenvalue weighted by molar-refractivity contribution is 7.92. The molecule has 1 saturated carbocycles. The predicted molar refractivity (Wildman–Crippen MR) is 99.7 cm³/mol. The fourth-order valence-corrected chi connectivity index (χ4v) is 5.31. The highest BCUT2D eigenvalue weighted by Crippen LogP contribution is 2.37. The van der Waals surface area contributed by atoms with Gasteiger partial charge in [0, 0.05) is 23.4 Å². The first kappa shape index (κ1) is 20.7. The van der Waals surface area contributed by atoms with Gasteiger partial charge in [-0.2, -0.15) is 0 Å². The summed E-state index contributed by atoms with van der Waals surface area (Å²) in [6, 6.07) is 4.97. The lowest BCUT2D eigenvalue weighted by molar-refractivity contribution is 0.102. The molecule has 2 aromatic rings. The molecule has 0 bridgehead atoms. The molecule has 1 amide bonds. The van der Waals surface area contributed by atoms with E-state index in [1.807, 2.05) is 0 Å². The molecule has 1 N–H and O–H groups in total. The number of halogens is 4. The van der Waals surface area contributed by atoms with Crippen LogP contribution in [0.4, 0.5) is 18.9 Å². The van der Waals surface area contributed by atoms with Gasteiger partial charge in [0.05, 0.1) is 15.2 Å².